The molecule has 0 heterocycles. The van der Waals surface area contributed by atoms with Crippen molar-refractivity contribution in [1.82, 2.24) is 5.32 Å². The Kier molecular flexibility index (Phi) is 6.77. The van der Waals surface area contributed by atoms with Crippen LogP contribution in [0.4, 0.5) is 4.79 Å². The molecule has 0 aromatic heterocycles. The molecule has 1 aliphatic carbocycles. The maximum atomic E-state index is 12.6. The summed E-state index contributed by atoms with van der Waals surface area (Å²) in [6.07, 6.45) is 1.61. The zero-order valence-electron chi connectivity index (χ0n) is 17.7. The summed E-state index contributed by atoms with van der Waals surface area (Å²) in [7, 11) is 0. The summed E-state index contributed by atoms with van der Waals surface area (Å²) in [6.45, 7) is 4.38. The minimum atomic E-state index is -0.816. The molecule has 0 saturated heterocycles. The third-order valence-corrected chi connectivity index (χ3v) is 5.93. The highest BCUT2D eigenvalue weighted by Crippen LogP contribution is 2.44. The van der Waals surface area contributed by atoms with Gasteiger partial charge in [0, 0.05) is 11.5 Å². The molecule has 6 heteroatoms. The van der Waals surface area contributed by atoms with Crippen LogP contribution in [-0.2, 0) is 9.53 Å². The third kappa shape index (κ3) is 4.65. The van der Waals surface area contributed by atoms with Gasteiger partial charge in [0.1, 0.15) is 6.61 Å². The number of fused-ring (bicyclic) bond motifs is 3. The highest BCUT2D eigenvalue weighted by Gasteiger charge is 2.36. The summed E-state index contributed by atoms with van der Waals surface area (Å²) in [5, 5.41) is 2.84. The number of carbonyl (C=O) groups is 2. The highest BCUT2D eigenvalue weighted by atomic mass is 16.5. The molecule has 30 heavy (non-hydrogen) atoms. The van der Waals surface area contributed by atoms with E-state index in [9.17, 15) is 9.59 Å². The number of unbranched alkanes of at least 4 members (excludes halogenated alkanes) is 1. The van der Waals surface area contributed by atoms with E-state index in [0.29, 0.717) is 13.0 Å². The standard InChI is InChI=1S/C24H31N3O3/c1-24(2,21(22(26)28)13-7-8-14-25)27-23(29)30-15-20-18-11-5-3-9-16(18)17-10-4-6-12-19(17)20/h3-6,9-12,20-21H,7-8,13-15,25H2,1-2H3,(H2,26,28)(H,27,29). The minimum Gasteiger partial charge on any atom is -0.449 e. The lowest BCUT2D eigenvalue weighted by molar-refractivity contribution is -0.124. The molecule has 160 valence electrons. The first kappa shape index (κ1) is 21.8. The fraction of sp³-hybridized carbons (Fsp3) is 0.417. The lowest BCUT2D eigenvalue weighted by atomic mass is 9.83. The van der Waals surface area contributed by atoms with E-state index < -0.39 is 23.5 Å². The molecular weight excluding hydrogens is 378 g/mol. The highest BCUT2D eigenvalue weighted by molar-refractivity contribution is 5.80. The van der Waals surface area contributed by atoms with Crippen LogP contribution in [0.25, 0.3) is 11.1 Å². The first-order chi connectivity index (χ1) is 14.3. The monoisotopic (exact) mass is 409 g/mol. The van der Waals surface area contributed by atoms with Crippen molar-refractivity contribution >= 4 is 12.0 Å². The Hall–Kier alpha value is -2.86. The van der Waals surface area contributed by atoms with Gasteiger partial charge in [0.2, 0.25) is 5.91 Å². The third-order valence-electron chi connectivity index (χ3n) is 5.93. The first-order valence-corrected chi connectivity index (χ1v) is 10.5. The van der Waals surface area contributed by atoms with Gasteiger partial charge < -0.3 is 21.5 Å². The predicted molar refractivity (Wildman–Crippen MR) is 118 cm³/mol. The fourth-order valence-electron chi connectivity index (χ4n) is 4.34. The molecule has 0 saturated carbocycles. The Morgan fingerprint density at radius 2 is 1.60 bits per heavy atom. The molecule has 1 unspecified atom stereocenters. The number of hydrogen-bond acceptors (Lipinski definition) is 4. The number of hydrogen-bond donors (Lipinski definition) is 3. The lowest BCUT2D eigenvalue weighted by Crippen LogP contribution is -2.53. The van der Waals surface area contributed by atoms with Crippen LogP contribution in [0.3, 0.4) is 0 Å². The SMILES string of the molecule is CC(C)(NC(=O)OCC1c2ccccc2-c2ccccc21)C(CCCCN)C(N)=O. The molecule has 0 aliphatic heterocycles. The second kappa shape index (κ2) is 9.30. The van der Waals surface area contributed by atoms with E-state index in [4.69, 9.17) is 16.2 Å². The number of primary amides is 1. The fourth-order valence-corrected chi connectivity index (χ4v) is 4.34. The van der Waals surface area contributed by atoms with Crippen molar-refractivity contribution < 1.29 is 14.3 Å². The van der Waals surface area contributed by atoms with Crippen LogP contribution < -0.4 is 16.8 Å². The molecule has 6 nitrogen and oxygen atoms in total. The first-order valence-electron chi connectivity index (χ1n) is 10.5. The van der Waals surface area contributed by atoms with Crippen molar-refractivity contribution in [2.45, 2.75) is 44.6 Å². The number of benzene rings is 2. The van der Waals surface area contributed by atoms with E-state index in [0.717, 1.165) is 24.0 Å². The minimum absolute atomic E-state index is 0.0113. The van der Waals surface area contributed by atoms with Crippen molar-refractivity contribution in [3.8, 4) is 11.1 Å². The van der Waals surface area contributed by atoms with Gasteiger partial charge in [-0.15, -0.1) is 0 Å². The number of amides is 2. The van der Waals surface area contributed by atoms with Crippen LogP contribution in [0.2, 0.25) is 0 Å². The summed E-state index contributed by atoms with van der Waals surface area (Å²) in [5.41, 5.74) is 15.0. The molecule has 3 rings (SSSR count). The van der Waals surface area contributed by atoms with Crippen LogP contribution >= 0.6 is 0 Å². The van der Waals surface area contributed by atoms with E-state index in [2.05, 4.69) is 29.6 Å². The molecule has 2 aromatic rings. The van der Waals surface area contributed by atoms with Gasteiger partial charge in [0.05, 0.1) is 5.92 Å². The molecule has 5 N–H and O–H groups in total. The smallest absolute Gasteiger partial charge is 0.407 e. The molecule has 0 fully saturated rings. The molecule has 2 amide bonds. The van der Waals surface area contributed by atoms with Gasteiger partial charge in [-0.3, -0.25) is 4.79 Å². The lowest BCUT2D eigenvalue weighted by Gasteiger charge is -2.33. The second-order valence-corrected chi connectivity index (χ2v) is 8.41. The van der Waals surface area contributed by atoms with Gasteiger partial charge in [-0.1, -0.05) is 55.0 Å². The molecule has 0 spiro atoms. The topological polar surface area (TPSA) is 107 Å². The quantitative estimate of drug-likeness (QED) is 0.551. The Bertz CT molecular complexity index is 865. The number of alkyl carbamates (subject to hydrolysis) is 1. The van der Waals surface area contributed by atoms with Crippen LogP contribution in [0.5, 0.6) is 0 Å². The van der Waals surface area contributed by atoms with E-state index in [1.54, 1.807) is 13.8 Å². The predicted octanol–water partition coefficient (Wildman–Crippen LogP) is 3.53. The van der Waals surface area contributed by atoms with Gasteiger partial charge in [-0.25, -0.2) is 4.79 Å². The molecule has 1 aliphatic rings. The van der Waals surface area contributed by atoms with E-state index in [1.165, 1.54) is 11.1 Å². The van der Waals surface area contributed by atoms with Crippen molar-refractivity contribution in [2.75, 3.05) is 13.2 Å². The van der Waals surface area contributed by atoms with E-state index in [-0.39, 0.29) is 12.5 Å². The van der Waals surface area contributed by atoms with Crippen LogP contribution in [0.1, 0.15) is 50.2 Å². The zero-order valence-corrected chi connectivity index (χ0v) is 17.7. The summed E-state index contributed by atoms with van der Waals surface area (Å²) >= 11 is 0. The summed E-state index contributed by atoms with van der Waals surface area (Å²) in [4.78, 5) is 24.6. The summed E-state index contributed by atoms with van der Waals surface area (Å²) in [5.74, 6) is -0.941. The van der Waals surface area contributed by atoms with Crippen molar-refractivity contribution in [3.05, 3.63) is 59.7 Å². The van der Waals surface area contributed by atoms with E-state index >= 15 is 0 Å². The molecule has 1 atom stereocenters. The Morgan fingerprint density at radius 3 is 2.13 bits per heavy atom. The average Bonchev–Trinajstić information content (AvgIpc) is 3.03. The second-order valence-electron chi connectivity index (χ2n) is 8.41. The average molecular weight is 410 g/mol. The van der Waals surface area contributed by atoms with Crippen molar-refractivity contribution in [2.24, 2.45) is 17.4 Å². The van der Waals surface area contributed by atoms with Crippen LogP contribution in [-0.4, -0.2) is 30.7 Å². The normalized spacial score (nSPS) is 14.0. The van der Waals surface area contributed by atoms with Crippen molar-refractivity contribution in [3.63, 3.8) is 0 Å². The number of nitrogens with two attached hydrogens (primary N) is 2. The summed E-state index contributed by atoms with van der Waals surface area (Å²) in [6, 6.07) is 16.4. The summed E-state index contributed by atoms with van der Waals surface area (Å²) < 4.78 is 5.61. The Morgan fingerprint density at radius 1 is 1.03 bits per heavy atom. The van der Waals surface area contributed by atoms with Gasteiger partial charge in [0.25, 0.3) is 0 Å². The van der Waals surface area contributed by atoms with Gasteiger partial charge in [-0.2, -0.15) is 0 Å². The Labute approximate surface area is 178 Å². The number of nitrogens with one attached hydrogen (secondary N) is 1. The molecule has 0 bridgehead atoms. The maximum absolute atomic E-state index is 12.6. The van der Waals surface area contributed by atoms with Crippen LogP contribution in [0, 0.1) is 5.92 Å². The van der Waals surface area contributed by atoms with Gasteiger partial charge in [-0.05, 0) is 55.5 Å². The van der Waals surface area contributed by atoms with Crippen LogP contribution in [0.15, 0.2) is 48.5 Å². The Balaban J connectivity index is 1.66. The zero-order chi connectivity index (χ0) is 21.7. The largest absolute Gasteiger partial charge is 0.449 e. The number of rotatable bonds is 9. The number of carbonyl (C=O) groups excluding carboxylic acids is 2. The van der Waals surface area contributed by atoms with Gasteiger partial charge >= 0.3 is 6.09 Å². The molecule has 2 aromatic carbocycles. The van der Waals surface area contributed by atoms with Gasteiger partial charge in [0.15, 0.2) is 0 Å². The molecular formula is C24H31N3O3. The number of ether oxygens (including phenoxy) is 1. The van der Waals surface area contributed by atoms with E-state index in [1.807, 2.05) is 24.3 Å². The maximum Gasteiger partial charge on any atom is 0.407 e. The van der Waals surface area contributed by atoms with Crippen molar-refractivity contribution in [1.29, 1.82) is 0 Å². The molecule has 0 radical (unpaired) electrons.